The fraction of sp³-hybridized carbons (Fsp3) is 0.280. The van der Waals surface area contributed by atoms with Gasteiger partial charge in [0.05, 0.1) is 7.11 Å². The summed E-state index contributed by atoms with van der Waals surface area (Å²) < 4.78 is 10.5. The van der Waals surface area contributed by atoms with Gasteiger partial charge in [-0.25, -0.2) is 0 Å². The van der Waals surface area contributed by atoms with E-state index < -0.39 is 0 Å². The van der Waals surface area contributed by atoms with E-state index in [-0.39, 0.29) is 10.8 Å². The van der Waals surface area contributed by atoms with Crippen LogP contribution in [0.5, 0.6) is 11.5 Å². The Morgan fingerprint density at radius 1 is 0.536 bits per heavy atom. The molecule has 0 saturated carbocycles. The van der Waals surface area contributed by atoms with Crippen molar-refractivity contribution in [2.75, 3.05) is 7.11 Å². The minimum atomic E-state index is -0.0768. The maximum atomic E-state index is 5.29. The summed E-state index contributed by atoms with van der Waals surface area (Å²) in [5.41, 5.74) is 4.98. The molecular formula is C25H27IO2. The highest BCUT2D eigenvalue weighted by molar-refractivity contribution is 14.1. The van der Waals surface area contributed by atoms with Gasteiger partial charge >= 0.3 is 0 Å². The van der Waals surface area contributed by atoms with E-state index in [9.17, 15) is 0 Å². The molecule has 0 radical (unpaired) electrons. The van der Waals surface area contributed by atoms with Gasteiger partial charge in [0.2, 0.25) is 0 Å². The molecule has 0 N–H and O–H groups in total. The molecule has 0 aliphatic carbocycles. The number of hydrogen-bond donors (Lipinski definition) is 0. The van der Waals surface area contributed by atoms with Crippen LogP contribution in [-0.4, -0.2) is 7.11 Å². The minimum Gasteiger partial charge on any atom is -0.497 e. The molecule has 3 aromatic carbocycles. The van der Waals surface area contributed by atoms with E-state index in [0.29, 0.717) is 0 Å². The number of benzene rings is 3. The van der Waals surface area contributed by atoms with Gasteiger partial charge in [0.1, 0.15) is 11.5 Å². The molecule has 3 heteroatoms. The molecule has 0 fully saturated rings. The Bertz CT molecular complexity index is 830. The zero-order chi connectivity index (χ0) is 20.4. The largest absolute Gasteiger partial charge is 0.497 e. The van der Waals surface area contributed by atoms with Crippen molar-refractivity contribution in [1.29, 1.82) is 0 Å². The van der Waals surface area contributed by atoms with Gasteiger partial charge in [-0.15, -0.1) is 0 Å². The number of hydrogen-bond acceptors (Lipinski definition) is 2. The van der Waals surface area contributed by atoms with Crippen molar-refractivity contribution >= 4 is 23.0 Å². The first kappa shape index (κ1) is 20.7. The number of rotatable bonds is 6. The highest BCUT2D eigenvalue weighted by Crippen LogP contribution is 2.36. The topological polar surface area (TPSA) is 18.5 Å². The predicted octanol–water partition coefficient (Wildman–Crippen LogP) is 7.08. The van der Waals surface area contributed by atoms with Crippen molar-refractivity contribution in [3.8, 4) is 11.5 Å². The quantitative estimate of drug-likeness (QED) is 0.347. The summed E-state index contributed by atoms with van der Waals surface area (Å²) in [5, 5.41) is 0. The monoisotopic (exact) mass is 486 g/mol. The maximum Gasteiger partial charge on any atom is 0.192 e. The Balaban J connectivity index is 1.88. The normalized spacial score (nSPS) is 11.9. The third kappa shape index (κ3) is 4.04. The second-order valence-corrected chi connectivity index (χ2v) is 8.60. The molecule has 3 aromatic rings. The predicted molar refractivity (Wildman–Crippen MR) is 125 cm³/mol. The first-order chi connectivity index (χ1) is 13.3. The molecule has 0 aliphatic rings. The van der Waals surface area contributed by atoms with Gasteiger partial charge in [-0.1, -0.05) is 76.2 Å². The molecule has 146 valence electrons. The summed E-state index contributed by atoms with van der Waals surface area (Å²) in [5.74, 6) is 1.76. The number of halogens is 1. The van der Waals surface area contributed by atoms with Gasteiger partial charge in [0.15, 0.2) is 23.0 Å². The lowest BCUT2D eigenvalue weighted by Gasteiger charge is -2.29. The molecule has 0 bridgehead atoms. The van der Waals surface area contributed by atoms with Gasteiger partial charge in [0, 0.05) is 10.8 Å². The standard InChI is InChI=1S/C25H27IO2/c1-24(2,20-10-14-22(27-5)15-11-20)18-6-8-19(9-7-18)25(3,4)21-12-16-23(28-26)17-13-21/h6-17H,1-5H3. The lowest BCUT2D eigenvalue weighted by Crippen LogP contribution is -2.21. The highest BCUT2D eigenvalue weighted by Gasteiger charge is 2.26. The van der Waals surface area contributed by atoms with Crippen LogP contribution in [0.3, 0.4) is 0 Å². The summed E-state index contributed by atoms with van der Waals surface area (Å²) in [7, 11) is 1.70. The molecular weight excluding hydrogens is 459 g/mol. The first-order valence-electron chi connectivity index (χ1n) is 9.43. The van der Waals surface area contributed by atoms with Crippen molar-refractivity contribution in [1.82, 2.24) is 0 Å². The fourth-order valence-electron chi connectivity index (χ4n) is 3.57. The Kier molecular flexibility index (Phi) is 6.04. The van der Waals surface area contributed by atoms with Crippen molar-refractivity contribution in [2.24, 2.45) is 0 Å². The van der Waals surface area contributed by atoms with E-state index in [1.165, 1.54) is 22.3 Å². The third-order valence-corrected chi connectivity index (χ3v) is 6.31. The van der Waals surface area contributed by atoms with E-state index >= 15 is 0 Å². The van der Waals surface area contributed by atoms with Gasteiger partial charge < -0.3 is 7.80 Å². The van der Waals surface area contributed by atoms with Gasteiger partial charge in [-0.3, -0.25) is 0 Å². The molecule has 0 aromatic heterocycles. The van der Waals surface area contributed by atoms with Crippen molar-refractivity contribution in [2.45, 2.75) is 38.5 Å². The van der Waals surface area contributed by atoms with E-state index in [4.69, 9.17) is 7.80 Å². The molecule has 3 rings (SSSR count). The smallest absolute Gasteiger partial charge is 0.192 e. The minimum absolute atomic E-state index is 0.0752. The summed E-state index contributed by atoms with van der Waals surface area (Å²) >= 11 is 1.91. The van der Waals surface area contributed by atoms with Crippen molar-refractivity contribution < 1.29 is 7.80 Å². The summed E-state index contributed by atoms with van der Waals surface area (Å²) in [4.78, 5) is 0. The Hall–Kier alpha value is -2.01. The van der Waals surface area contributed by atoms with Crippen LogP contribution in [0.2, 0.25) is 0 Å². The summed E-state index contributed by atoms with van der Waals surface area (Å²) in [6, 6.07) is 25.7. The lowest BCUT2D eigenvalue weighted by molar-refractivity contribution is 0.414. The third-order valence-electron chi connectivity index (χ3n) is 5.81. The molecule has 0 amide bonds. The van der Waals surface area contributed by atoms with Crippen molar-refractivity contribution in [3.05, 3.63) is 95.1 Å². The molecule has 0 atom stereocenters. The fourth-order valence-corrected chi connectivity index (χ4v) is 3.86. The van der Waals surface area contributed by atoms with Crippen LogP contribution >= 0.6 is 23.0 Å². The molecule has 0 spiro atoms. The molecule has 0 aliphatic heterocycles. The van der Waals surface area contributed by atoms with Crippen LogP contribution in [0.1, 0.15) is 49.9 Å². The van der Waals surface area contributed by atoms with Crippen LogP contribution in [0, 0.1) is 0 Å². The maximum absolute atomic E-state index is 5.29. The van der Waals surface area contributed by atoms with Gasteiger partial charge in [-0.05, 0) is 46.5 Å². The van der Waals surface area contributed by atoms with E-state index in [1.807, 2.05) is 47.3 Å². The second kappa shape index (κ2) is 8.16. The van der Waals surface area contributed by atoms with Gasteiger partial charge in [0.25, 0.3) is 0 Å². The van der Waals surface area contributed by atoms with E-state index in [1.54, 1.807) is 7.11 Å². The molecule has 0 unspecified atom stereocenters. The van der Waals surface area contributed by atoms with Crippen LogP contribution in [0.4, 0.5) is 0 Å². The Morgan fingerprint density at radius 3 is 1.11 bits per heavy atom. The van der Waals surface area contributed by atoms with Crippen LogP contribution in [0.25, 0.3) is 0 Å². The first-order valence-corrected chi connectivity index (χ1v) is 10.3. The summed E-state index contributed by atoms with van der Waals surface area (Å²) in [6.45, 7) is 9.04. The Labute approximate surface area is 182 Å². The zero-order valence-electron chi connectivity index (χ0n) is 17.1. The highest BCUT2D eigenvalue weighted by atomic mass is 127. The molecule has 2 nitrogen and oxygen atoms in total. The zero-order valence-corrected chi connectivity index (χ0v) is 19.3. The van der Waals surface area contributed by atoms with E-state index in [0.717, 1.165) is 11.5 Å². The second-order valence-electron chi connectivity index (χ2n) is 8.16. The number of methoxy groups -OCH3 is 1. The van der Waals surface area contributed by atoms with E-state index in [2.05, 4.69) is 76.2 Å². The average molecular weight is 486 g/mol. The molecule has 28 heavy (non-hydrogen) atoms. The SMILES string of the molecule is COc1ccc(C(C)(C)c2ccc(C(C)(C)c3ccc(OI)cc3)cc2)cc1. The van der Waals surface area contributed by atoms with Gasteiger partial charge in [-0.2, -0.15) is 0 Å². The van der Waals surface area contributed by atoms with Crippen LogP contribution < -0.4 is 7.80 Å². The Morgan fingerprint density at radius 2 is 0.821 bits per heavy atom. The molecule has 0 heterocycles. The van der Waals surface area contributed by atoms with Crippen LogP contribution in [0.15, 0.2) is 72.8 Å². The lowest BCUT2D eigenvalue weighted by atomic mass is 9.74. The molecule has 0 saturated heterocycles. The van der Waals surface area contributed by atoms with Crippen LogP contribution in [-0.2, 0) is 10.8 Å². The number of ether oxygens (including phenoxy) is 1. The average Bonchev–Trinajstić information content (AvgIpc) is 2.74. The van der Waals surface area contributed by atoms with Crippen molar-refractivity contribution in [3.63, 3.8) is 0 Å². The summed E-state index contributed by atoms with van der Waals surface area (Å²) in [6.07, 6.45) is 0.